The van der Waals surface area contributed by atoms with Gasteiger partial charge in [-0.1, -0.05) is 27.5 Å². The Morgan fingerprint density at radius 1 is 1.12 bits per heavy atom. The molecule has 2 aromatic carbocycles. The molecule has 0 aliphatic heterocycles. The van der Waals surface area contributed by atoms with Gasteiger partial charge in [-0.15, -0.1) is 0 Å². The van der Waals surface area contributed by atoms with Crippen LogP contribution in [0.5, 0.6) is 0 Å². The highest BCUT2D eigenvalue weighted by molar-refractivity contribution is 9.10. The monoisotopic (exact) mass is 441 g/mol. The van der Waals surface area contributed by atoms with Crippen molar-refractivity contribution in [2.24, 2.45) is 0 Å². The van der Waals surface area contributed by atoms with Crippen molar-refractivity contribution in [3.63, 3.8) is 0 Å². The minimum Gasteiger partial charge on any atom is -0.265 e. The molecule has 0 unspecified atom stereocenters. The summed E-state index contributed by atoms with van der Waals surface area (Å²) in [6.07, 6.45) is -4.60. The molecule has 0 aliphatic carbocycles. The SMILES string of the molecule is CCN(c1cc(C(F)(F)F)ccc1Cl)S(=O)(=O)c1ccc(Br)cc1. The molecule has 2 rings (SSSR count). The largest absolute Gasteiger partial charge is 0.416 e. The fraction of sp³-hybridized carbons (Fsp3) is 0.200. The Morgan fingerprint density at radius 3 is 2.21 bits per heavy atom. The number of anilines is 1. The van der Waals surface area contributed by atoms with Gasteiger partial charge >= 0.3 is 6.18 Å². The van der Waals surface area contributed by atoms with Crippen molar-refractivity contribution in [2.75, 3.05) is 10.8 Å². The molecule has 0 aliphatic rings. The number of benzene rings is 2. The highest BCUT2D eigenvalue weighted by Gasteiger charge is 2.33. The standard InChI is InChI=1S/C15H12BrClF3NO2S/c1-2-21(24(22,23)12-6-4-11(16)5-7-12)14-9-10(15(18,19)20)3-8-13(14)17/h3-9H,2H2,1H3. The van der Waals surface area contributed by atoms with Crippen LogP contribution in [-0.4, -0.2) is 15.0 Å². The maximum Gasteiger partial charge on any atom is 0.416 e. The van der Waals surface area contributed by atoms with Gasteiger partial charge in [0.2, 0.25) is 0 Å². The maximum atomic E-state index is 12.9. The Morgan fingerprint density at radius 2 is 1.71 bits per heavy atom. The van der Waals surface area contributed by atoms with E-state index in [9.17, 15) is 21.6 Å². The van der Waals surface area contributed by atoms with Crippen molar-refractivity contribution in [2.45, 2.75) is 18.0 Å². The molecule has 0 saturated heterocycles. The molecule has 2 aromatic rings. The van der Waals surface area contributed by atoms with Gasteiger partial charge < -0.3 is 0 Å². The first-order chi connectivity index (χ1) is 11.1. The quantitative estimate of drug-likeness (QED) is 0.641. The van der Waals surface area contributed by atoms with Crippen molar-refractivity contribution in [1.82, 2.24) is 0 Å². The van der Waals surface area contributed by atoms with E-state index in [1.807, 2.05) is 0 Å². The molecule has 0 atom stereocenters. The molecular weight excluding hydrogens is 431 g/mol. The molecule has 0 heterocycles. The first-order valence-corrected chi connectivity index (χ1v) is 9.33. The van der Waals surface area contributed by atoms with E-state index < -0.39 is 21.8 Å². The second-order valence-electron chi connectivity index (χ2n) is 4.79. The lowest BCUT2D eigenvalue weighted by molar-refractivity contribution is -0.137. The normalized spacial score (nSPS) is 12.2. The molecule has 24 heavy (non-hydrogen) atoms. The van der Waals surface area contributed by atoms with Gasteiger partial charge in [0.15, 0.2) is 0 Å². The van der Waals surface area contributed by atoms with Crippen LogP contribution in [0, 0.1) is 0 Å². The Balaban J connectivity index is 2.57. The highest BCUT2D eigenvalue weighted by atomic mass is 79.9. The lowest BCUT2D eigenvalue weighted by atomic mass is 10.2. The maximum absolute atomic E-state index is 12.9. The van der Waals surface area contributed by atoms with E-state index in [0.29, 0.717) is 4.47 Å². The van der Waals surface area contributed by atoms with Crippen LogP contribution in [0.1, 0.15) is 12.5 Å². The van der Waals surface area contributed by atoms with Crippen LogP contribution in [0.4, 0.5) is 18.9 Å². The van der Waals surface area contributed by atoms with Crippen molar-refractivity contribution in [3.8, 4) is 0 Å². The molecule has 0 amide bonds. The first-order valence-electron chi connectivity index (χ1n) is 6.72. The van der Waals surface area contributed by atoms with Gasteiger partial charge in [-0.25, -0.2) is 8.42 Å². The van der Waals surface area contributed by atoms with Crippen LogP contribution in [0.25, 0.3) is 0 Å². The highest BCUT2D eigenvalue weighted by Crippen LogP contribution is 2.37. The van der Waals surface area contributed by atoms with E-state index in [4.69, 9.17) is 11.6 Å². The third-order valence-electron chi connectivity index (χ3n) is 3.23. The molecule has 0 fully saturated rings. The van der Waals surface area contributed by atoms with Crippen molar-refractivity contribution < 1.29 is 21.6 Å². The molecular formula is C15H12BrClF3NO2S. The van der Waals surface area contributed by atoms with Crippen LogP contribution in [0.3, 0.4) is 0 Å². The van der Waals surface area contributed by atoms with Crippen LogP contribution < -0.4 is 4.31 Å². The predicted molar refractivity (Wildman–Crippen MR) is 90.8 cm³/mol. The van der Waals surface area contributed by atoms with Crippen molar-refractivity contribution in [3.05, 3.63) is 57.5 Å². The van der Waals surface area contributed by atoms with E-state index in [-0.39, 0.29) is 22.2 Å². The van der Waals surface area contributed by atoms with Gasteiger partial charge in [-0.3, -0.25) is 4.31 Å². The summed E-state index contributed by atoms with van der Waals surface area (Å²) >= 11 is 9.16. The fourth-order valence-electron chi connectivity index (χ4n) is 2.08. The second-order valence-corrected chi connectivity index (χ2v) is 7.97. The van der Waals surface area contributed by atoms with Gasteiger partial charge in [0.05, 0.1) is 21.2 Å². The summed E-state index contributed by atoms with van der Waals surface area (Å²) in [5, 5.41) is -0.0782. The number of nitrogens with zero attached hydrogens (tertiary/aromatic N) is 1. The predicted octanol–water partition coefficient (Wildman–Crippen LogP) is 5.34. The zero-order chi connectivity index (χ0) is 18.1. The van der Waals surface area contributed by atoms with Gasteiger partial charge in [-0.05, 0) is 49.4 Å². The van der Waals surface area contributed by atoms with Gasteiger partial charge in [0, 0.05) is 11.0 Å². The lowest BCUT2D eigenvalue weighted by Crippen LogP contribution is -2.31. The topological polar surface area (TPSA) is 37.4 Å². The number of hydrogen-bond donors (Lipinski definition) is 0. The Kier molecular flexibility index (Phi) is 5.51. The Bertz CT molecular complexity index is 839. The minimum absolute atomic E-state index is 0.0407. The van der Waals surface area contributed by atoms with E-state index in [2.05, 4.69) is 15.9 Å². The van der Waals surface area contributed by atoms with E-state index in [1.165, 1.54) is 31.2 Å². The zero-order valence-electron chi connectivity index (χ0n) is 12.3. The summed E-state index contributed by atoms with van der Waals surface area (Å²) in [5.41, 5.74) is -1.18. The summed E-state index contributed by atoms with van der Waals surface area (Å²) in [6.45, 7) is 1.45. The average molecular weight is 443 g/mol. The van der Waals surface area contributed by atoms with Crippen molar-refractivity contribution >= 4 is 43.2 Å². The average Bonchev–Trinajstić information content (AvgIpc) is 2.49. The van der Waals surface area contributed by atoms with Gasteiger partial charge in [0.25, 0.3) is 10.0 Å². The van der Waals surface area contributed by atoms with Gasteiger partial charge in [0.1, 0.15) is 0 Å². The van der Waals surface area contributed by atoms with E-state index in [1.54, 1.807) is 0 Å². The summed E-state index contributed by atoms with van der Waals surface area (Å²) in [4.78, 5) is -0.0407. The molecule has 0 bridgehead atoms. The number of hydrogen-bond acceptors (Lipinski definition) is 2. The van der Waals surface area contributed by atoms with Crippen LogP contribution in [0.15, 0.2) is 51.8 Å². The number of sulfonamides is 1. The number of halogens is 5. The third kappa shape index (κ3) is 3.87. The van der Waals surface area contributed by atoms with E-state index in [0.717, 1.165) is 22.5 Å². The molecule has 130 valence electrons. The smallest absolute Gasteiger partial charge is 0.265 e. The molecule has 0 N–H and O–H groups in total. The second kappa shape index (κ2) is 6.93. The lowest BCUT2D eigenvalue weighted by Gasteiger charge is -2.25. The van der Waals surface area contributed by atoms with Crippen molar-refractivity contribution in [1.29, 1.82) is 0 Å². The molecule has 0 aromatic heterocycles. The number of alkyl halides is 3. The summed E-state index contributed by atoms with van der Waals surface area (Å²) in [7, 11) is -4.04. The Hall–Kier alpha value is -1.25. The molecule has 0 saturated carbocycles. The summed E-state index contributed by atoms with van der Waals surface area (Å²) in [5.74, 6) is 0. The van der Waals surface area contributed by atoms with Crippen LogP contribution in [-0.2, 0) is 16.2 Å². The molecule has 0 spiro atoms. The zero-order valence-corrected chi connectivity index (χ0v) is 15.5. The number of rotatable bonds is 4. The third-order valence-corrected chi connectivity index (χ3v) is 5.98. The summed E-state index contributed by atoms with van der Waals surface area (Å²) in [6, 6.07) is 8.39. The molecule has 9 heteroatoms. The minimum atomic E-state index is -4.60. The fourth-order valence-corrected chi connectivity index (χ4v) is 4.10. The van der Waals surface area contributed by atoms with Gasteiger partial charge in [-0.2, -0.15) is 13.2 Å². The van der Waals surface area contributed by atoms with Crippen LogP contribution >= 0.6 is 27.5 Å². The van der Waals surface area contributed by atoms with Crippen LogP contribution in [0.2, 0.25) is 5.02 Å². The summed E-state index contributed by atoms with van der Waals surface area (Å²) < 4.78 is 65.8. The first kappa shape index (κ1) is 19.1. The Labute approximate surface area is 151 Å². The molecule has 0 radical (unpaired) electrons. The van der Waals surface area contributed by atoms with E-state index >= 15 is 0 Å². The molecule has 3 nitrogen and oxygen atoms in total.